The molecule has 0 aliphatic rings. The summed E-state index contributed by atoms with van der Waals surface area (Å²) < 4.78 is 5.50. The summed E-state index contributed by atoms with van der Waals surface area (Å²) in [6.45, 7) is 6.35. The van der Waals surface area contributed by atoms with Crippen molar-refractivity contribution in [3.05, 3.63) is 0 Å². The van der Waals surface area contributed by atoms with Crippen LogP contribution in [0, 0.1) is 12.3 Å². The van der Waals surface area contributed by atoms with Crippen LogP contribution in [-0.4, -0.2) is 30.1 Å². The number of carbonyl (C=O) groups is 2. The highest BCUT2D eigenvalue weighted by atomic mass is 16.5. The van der Waals surface area contributed by atoms with Gasteiger partial charge < -0.3 is 15.8 Å². The second kappa shape index (κ2) is 8.54. The van der Waals surface area contributed by atoms with Gasteiger partial charge in [0, 0.05) is 19.4 Å². The van der Waals surface area contributed by atoms with Crippen LogP contribution in [0.4, 0.5) is 0 Å². The maximum absolute atomic E-state index is 11.7. The maximum atomic E-state index is 11.7. The molecule has 5 heteroatoms. The molecule has 19 heavy (non-hydrogen) atoms. The van der Waals surface area contributed by atoms with E-state index in [0.29, 0.717) is 25.9 Å². The molecule has 0 spiro atoms. The third-order valence-electron chi connectivity index (χ3n) is 2.75. The lowest BCUT2D eigenvalue weighted by Crippen LogP contribution is -2.44. The minimum absolute atomic E-state index is 0.214. The molecule has 0 heterocycles. The van der Waals surface area contributed by atoms with Crippen molar-refractivity contribution >= 4 is 11.8 Å². The second-order valence-corrected chi connectivity index (χ2v) is 4.96. The van der Waals surface area contributed by atoms with Gasteiger partial charge in [0.05, 0.1) is 5.60 Å². The monoisotopic (exact) mass is 268 g/mol. The molecule has 1 unspecified atom stereocenters. The van der Waals surface area contributed by atoms with E-state index in [2.05, 4.69) is 11.2 Å². The van der Waals surface area contributed by atoms with Crippen LogP contribution in [0.15, 0.2) is 0 Å². The van der Waals surface area contributed by atoms with Gasteiger partial charge in [0.25, 0.3) is 0 Å². The van der Waals surface area contributed by atoms with Crippen LogP contribution in [0.5, 0.6) is 0 Å². The van der Waals surface area contributed by atoms with Crippen LogP contribution in [0.1, 0.15) is 46.5 Å². The average Bonchev–Trinajstić information content (AvgIpc) is 2.31. The van der Waals surface area contributed by atoms with Crippen LogP contribution in [-0.2, 0) is 14.3 Å². The zero-order valence-electron chi connectivity index (χ0n) is 12.0. The number of rotatable bonds is 9. The number of ether oxygens (including phenoxy) is 1. The summed E-state index contributed by atoms with van der Waals surface area (Å²) in [6.07, 6.45) is 6.76. The first-order valence-corrected chi connectivity index (χ1v) is 6.48. The van der Waals surface area contributed by atoms with Gasteiger partial charge >= 0.3 is 0 Å². The Bertz CT molecular complexity index is 345. The number of carbonyl (C=O) groups excluding carboxylic acids is 2. The van der Waals surface area contributed by atoms with Gasteiger partial charge in [-0.25, -0.2) is 0 Å². The number of nitrogens with one attached hydrogen (secondary N) is 1. The first-order chi connectivity index (χ1) is 8.82. The van der Waals surface area contributed by atoms with Crippen molar-refractivity contribution in [1.82, 2.24) is 5.32 Å². The molecule has 0 aromatic heterocycles. The van der Waals surface area contributed by atoms with Gasteiger partial charge in [-0.05, 0) is 33.6 Å². The standard InChI is InChI=1S/C14H24N2O3/c1-5-7-8-11(13(15)18)16-12(17)9-10-14(3,4)19-6-2/h1,11H,6-10H2,2-4H3,(H2,15,18)(H,16,17). The molecule has 2 amide bonds. The summed E-state index contributed by atoms with van der Waals surface area (Å²) in [5.74, 6) is 1.64. The largest absolute Gasteiger partial charge is 0.376 e. The van der Waals surface area contributed by atoms with E-state index in [9.17, 15) is 9.59 Å². The Morgan fingerprint density at radius 1 is 1.47 bits per heavy atom. The number of terminal acetylenes is 1. The summed E-state index contributed by atoms with van der Waals surface area (Å²) in [4.78, 5) is 22.9. The van der Waals surface area contributed by atoms with Crippen molar-refractivity contribution < 1.29 is 14.3 Å². The van der Waals surface area contributed by atoms with E-state index in [1.165, 1.54) is 0 Å². The fourth-order valence-corrected chi connectivity index (χ4v) is 1.66. The third kappa shape index (κ3) is 8.22. The van der Waals surface area contributed by atoms with Crippen LogP contribution >= 0.6 is 0 Å². The van der Waals surface area contributed by atoms with Crippen LogP contribution in [0.25, 0.3) is 0 Å². The van der Waals surface area contributed by atoms with Crippen molar-refractivity contribution in [3.63, 3.8) is 0 Å². The molecule has 108 valence electrons. The minimum Gasteiger partial charge on any atom is -0.376 e. The highest BCUT2D eigenvalue weighted by Gasteiger charge is 2.21. The van der Waals surface area contributed by atoms with Crippen molar-refractivity contribution in [2.24, 2.45) is 5.73 Å². The summed E-state index contributed by atoms with van der Waals surface area (Å²) in [6, 6.07) is -0.696. The van der Waals surface area contributed by atoms with Crippen molar-refractivity contribution in [1.29, 1.82) is 0 Å². The molecule has 0 radical (unpaired) electrons. The average molecular weight is 268 g/mol. The van der Waals surface area contributed by atoms with Crippen molar-refractivity contribution in [3.8, 4) is 12.3 Å². The first-order valence-electron chi connectivity index (χ1n) is 6.48. The third-order valence-corrected chi connectivity index (χ3v) is 2.75. The topological polar surface area (TPSA) is 81.4 Å². The Kier molecular flexibility index (Phi) is 7.85. The van der Waals surface area contributed by atoms with Crippen LogP contribution in [0.2, 0.25) is 0 Å². The number of hydrogen-bond donors (Lipinski definition) is 2. The minimum atomic E-state index is -0.696. The van der Waals surface area contributed by atoms with Crippen LogP contribution < -0.4 is 11.1 Å². The van der Waals surface area contributed by atoms with Gasteiger partial charge in [0.1, 0.15) is 6.04 Å². The SMILES string of the molecule is C#CCCC(NC(=O)CCC(C)(C)OCC)C(N)=O. The molecule has 3 N–H and O–H groups in total. The zero-order chi connectivity index (χ0) is 14.9. The zero-order valence-corrected chi connectivity index (χ0v) is 12.0. The highest BCUT2D eigenvalue weighted by Crippen LogP contribution is 2.16. The van der Waals surface area contributed by atoms with Crippen molar-refractivity contribution in [2.45, 2.75) is 58.1 Å². The number of hydrogen-bond acceptors (Lipinski definition) is 3. The number of nitrogens with two attached hydrogens (primary N) is 1. The Labute approximate surface area is 115 Å². The van der Waals surface area contributed by atoms with Gasteiger partial charge in [-0.15, -0.1) is 12.3 Å². The van der Waals surface area contributed by atoms with E-state index in [1.54, 1.807) is 0 Å². The van der Waals surface area contributed by atoms with E-state index >= 15 is 0 Å². The number of primary amides is 1. The van der Waals surface area contributed by atoms with Gasteiger partial charge in [-0.1, -0.05) is 0 Å². The summed E-state index contributed by atoms with van der Waals surface area (Å²) >= 11 is 0. The second-order valence-electron chi connectivity index (χ2n) is 4.96. The molecular formula is C14H24N2O3. The first kappa shape index (κ1) is 17.5. The number of amides is 2. The lowest BCUT2D eigenvalue weighted by Gasteiger charge is -2.24. The lowest BCUT2D eigenvalue weighted by molar-refractivity contribution is -0.128. The van der Waals surface area contributed by atoms with E-state index in [1.807, 2.05) is 20.8 Å². The van der Waals surface area contributed by atoms with Crippen LogP contribution in [0.3, 0.4) is 0 Å². The normalized spacial score (nSPS) is 12.5. The predicted octanol–water partition coefficient (Wildman–Crippen LogP) is 0.965. The molecule has 0 aromatic carbocycles. The Morgan fingerprint density at radius 3 is 2.58 bits per heavy atom. The highest BCUT2D eigenvalue weighted by molar-refractivity contribution is 5.86. The molecule has 0 aromatic rings. The molecule has 0 saturated carbocycles. The van der Waals surface area contributed by atoms with Crippen molar-refractivity contribution in [2.75, 3.05) is 6.61 Å². The fourth-order valence-electron chi connectivity index (χ4n) is 1.66. The maximum Gasteiger partial charge on any atom is 0.240 e. The molecule has 0 saturated heterocycles. The molecule has 0 fully saturated rings. The molecule has 0 aliphatic carbocycles. The lowest BCUT2D eigenvalue weighted by atomic mass is 10.0. The van der Waals surface area contributed by atoms with Gasteiger partial charge in [0.15, 0.2) is 0 Å². The quantitative estimate of drug-likeness (QED) is 0.611. The Morgan fingerprint density at radius 2 is 2.11 bits per heavy atom. The molecule has 0 bridgehead atoms. The Balaban J connectivity index is 4.20. The van der Waals surface area contributed by atoms with E-state index in [4.69, 9.17) is 16.9 Å². The smallest absolute Gasteiger partial charge is 0.240 e. The Hall–Kier alpha value is -1.54. The molecule has 5 nitrogen and oxygen atoms in total. The summed E-state index contributed by atoms with van der Waals surface area (Å²) in [7, 11) is 0. The van der Waals surface area contributed by atoms with Gasteiger partial charge in [-0.2, -0.15) is 0 Å². The molecule has 0 rings (SSSR count). The van der Waals surface area contributed by atoms with E-state index in [0.717, 1.165) is 0 Å². The van der Waals surface area contributed by atoms with Gasteiger partial charge in [-0.3, -0.25) is 9.59 Å². The molecule has 1 atom stereocenters. The van der Waals surface area contributed by atoms with Gasteiger partial charge in [0.2, 0.25) is 11.8 Å². The summed E-state index contributed by atoms with van der Waals surface area (Å²) in [5.41, 5.74) is 4.85. The van der Waals surface area contributed by atoms with E-state index < -0.39 is 11.9 Å². The summed E-state index contributed by atoms with van der Waals surface area (Å²) in [5, 5.41) is 2.60. The fraction of sp³-hybridized carbons (Fsp3) is 0.714. The predicted molar refractivity (Wildman–Crippen MR) is 74.1 cm³/mol. The molecular weight excluding hydrogens is 244 g/mol. The molecule has 0 aliphatic heterocycles. The van der Waals surface area contributed by atoms with E-state index in [-0.39, 0.29) is 17.9 Å².